The number of hydrogen-bond donors (Lipinski definition) is 0. The van der Waals surface area contributed by atoms with Gasteiger partial charge < -0.3 is 14.5 Å². The van der Waals surface area contributed by atoms with E-state index in [4.69, 9.17) is 4.74 Å². The van der Waals surface area contributed by atoms with Gasteiger partial charge in [-0.3, -0.25) is 4.79 Å². The first-order chi connectivity index (χ1) is 12.1. The fourth-order valence-electron chi connectivity index (χ4n) is 3.77. The third-order valence-corrected chi connectivity index (χ3v) is 5.29. The number of rotatable bonds is 4. The maximum atomic E-state index is 12.5. The third-order valence-electron chi connectivity index (χ3n) is 5.29. The Balaban J connectivity index is 1.47. The number of anilines is 1. The highest BCUT2D eigenvalue weighted by Crippen LogP contribution is 2.25. The van der Waals surface area contributed by atoms with Gasteiger partial charge in [0.05, 0.1) is 11.8 Å². The lowest BCUT2D eigenvalue weighted by atomic mass is 9.89. The molecule has 0 bridgehead atoms. The molecule has 2 heterocycles. The number of nitrogens with zero attached hydrogens (tertiary/aromatic N) is 4. The smallest absolute Gasteiger partial charge is 0.248 e. The summed E-state index contributed by atoms with van der Waals surface area (Å²) in [6, 6.07) is 3.99. The Labute approximate surface area is 150 Å². The molecule has 0 N–H and O–H groups in total. The van der Waals surface area contributed by atoms with Crippen molar-refractivity contribution in [2.75, 3.05) is 37.7 Å². The first-order valence-electron chi connectivity index (χ1n) is 9.56. The van der Waals surface area contributed by atoms with Crippen LogP contribution in [0.15, 0.2) is 12.1 Å². The Kier molecular flexibility index (Phi) is 6.24. The molecule has 0 radical (unpaired) electrons. The van der Waals surface area contributed by atoms with Crippen LogP contribution in [0.2, 0.25) is 0 Å². The lowest BCUT2D eigenvalue weighted by molar-refractivity contribution is -0.139. The number of carbonyl (C=O) groups is 1. The summed E-state index contributed by atoms with van der Waals surface area (Å²) in [5.41, 5.74) is 0.921. The standard InChI is InChI=1S/C19H30N4O2/c1-15-5-3-6-17(13-15)25-14-19(24)23-10-4-9-22(11-12-23)18-8-7-16(2)20-21-18/h7-8,15,17H,3-6,9-14H2,1-2H3/t15-,17-/m0/s1. The summed E-state index contributed by atoms with van der Waals surface area (Å²) in [5, 5.41) is 8.40. The number of hydrogen-bond acceptors (Lipinski definition) is 5. The van der Waals surface area contributed by atoms with Gasteiger partial charge in [-0.2, -0.15) is 5.10 Å². The molecule has 2 atom stereocenters. The molecular formula is C19H30N4O2. The van der Waals surface area contributed by atoms with E-state index in [1.54, 1.807) is 0 Å². The van der Waals surface area contributed by atoms with Crippen molar-refractivity contribution in [1.82, 2.24) is 15.1 Å². The van der Waals surface area contributed by atoms with E-state index < -0.39 is 0 Å². The van der Waals surface area contributed by atoms with E-state index in [9.17, 15) is 4.79 Å². The van der Waals surface area contributed by atoms with E-state index in [0.29, 0.717) is 0 Å². The van der Waals surface area contributed by atoms with Crippen LogP contribution in [-0.4, -0.2) is 59.9 Å². The van der Waals surface area contributed by atoms with Crippen LogP contribution < -0.4 is 4.90 Å². The maximum absolute atomic E-state index is 12.5. The second-order valence-corrected chi connectivity index (χ2v) is 7.46. The van der Waals surface area contributed by atoms with Gasteiger partial charge in [0.25, 0.3) is 0 Å². The molecule has 6 heteroatoms. The fraction of sp³-hybridized carbons (Fsp3) is 0.737. The average molecular weight is 346 g/mol. The summed E-state index contributed by atoms with van der Waals surface area (Å²) in [6.45, 7) is 7.65. The molecule has 0 unspecified atom stereocenters. The van der Waals surface area contributed by atoms with Crippen molar-refractivity contribution >= 4 is 11.7 Å². The molecule has 1 aromatic rings. The number of carbonyl (C=O) groups excluding carboxylic acids is 1. The van der Waals surface area contributed by atoms with Crippen LogP contribution in [0.1, 0.15) is 44.7 Å². The summed E-state index contributed by atoms with van der Waals surface area (Å²) in [5.74, 6) is 1.73. The van der Waals surface area contributed by atoms with Crippen molar-refractivity contribution in [2.24, 2.45) is 5.92 Å². The summed E-state index contributed by atoms with van der Waals surface area (Å²) >= 11 is 0. The molecule has 6 nitrogen and oxygen atoms in total. The van der Waals surface area contributed by atoms with Crippen LogP contribution in [0.5, 0.6) is 0 Å². The van der Waals surface area contributed by atoms with Crippen molar-refractivity contribution in [2.45, 2.75) is 52.1 Å². The summed E-state index contributed by atoms with van der Waals surface area (Å²) in [6.07, 6.45) is 5.90. The Morgan fingerprint density at radius 1 is 1.16 bits per heavy atom. The first-order valence-corrected chi connectivity index (χ1v) is 9.56. The fourth-order valence-corrected chi connectivity index (χ4v) is 3.77. The predicted molar refractivity (Wildman–Crippen MR) is 97.6 cm³/mol. The van der Waals surface area contributed by atoms with Crippen molar-refractivity contribution in [3.63, 3.8) is 0 Å². The molecule has 1 amide bonds. The van der Waals surface area contributed by atoms with Gasteiger partial charge in [-0.15, -0.1) is 5.10 Å². The van der Waals surface area contributed by atoms with Crippen LogP contribution in [0.3, 0.4) is 0 Å². The van der Waals surface area contributed by atoms with E-state index in [-0.39, 0.29) is 18.6 Å². The van der Waals surface area contributed by atoms with Crippen molar-refractivity contribution in [1.29, 1.82) is 0 Å². The van der Waals surface area contributed by atoms with Crippen molar-refractivity contribution in [3.8, 4) is 0 Å². The van der Waals surface area contributed by atoms with Gasteiger partial charge in [0, 0.05) is 26.2 Å². The second-order valence-electron chi connectivity index (χ2n) is 7.46. The van der Waals surface area contributed by atoms with Crippen LogP contribution in [0.25, 0.3) is 0 Å². The van der Waals surface area contributed by atoms with E-state index in [2.05, 4.69) is 22.0 Å². The number of ether oxygens (including phenoxy) is 1. The van der Waals surface area contributed by atoms with Gasteiger partial charge in [0.1, 0.15) is 6.61 Å². The molecule has 1 saturated carbocycles. The second kappa shape index (κ2) is 8.61. The molecule has 138 valence electrons. The molecule has 2 fully saturated rings. The monoisotopic (exact) mass is 346 g/mol. The minimum absolute atomic E-state index is 0.120. The van der Waals surface area contributed by atoms with Gasteiger partial charge in [-0.1, -0.05) is 19.8 Å². The summed E-state index contributed by atoms with van der Waals surface area (Å²) < 4.78 is 5.91. The highest BCUT2D eigenvalue weighted by molar-refractivity contribution is 5.77. The number of aromatic nitrogens is 2. The molecular weight excluding hydrogens is 316 g/mol. The van der Waals surface area contributed by atoms with Crippen molar-refractivity contribution < 1.29 is 9.53 Å². The van der Waals surface area contributed by atoms with E-state index in [1.165, 1.54) is 12.8 Å². The summed E-state index contributed by atoms with van der Waals surface area (Å²) in [4.78, 5) is 16.7. The van der Waals surface area contributed by atoms with Gasteiger partial charge in [-0.05, 0) is 44.2 Å². The zero-order valence-corrected chi connectivity index (χ0v) is 15.5. The molecule has 25 heavy (non-hydrogen) atoms. The minimum Gasteiger partial charge on any atom is -0.368 e. The lowest BCUT2D eigenvalue weighted by Crippen LogP contribution is -2.38. The minimum atomic E-state index is 0.120. The summed E-state index contributed by atoms with van der Waals surface area (Å²) in [7, 11) is 0. The van der Waals surface area contributed by atoms with E-state index in [1.807, 2.05) is 24.0 Å². The van der Waals surface area contributed by atoms with Crippen LogP contribution in [0.4, 0.5) is 5.82 Å². The zero-order chi connectivity index (χ0) is 17.6. The molecule has 1 aromatic heterocycles. The lowest BCUT2D eigenvalue weighted by Gasteiger charge is -2.28. The predicted octanol–water partition coefficient (Wildman–Crippen LogP) is 2.42. The van der Waals surface area contributed by atoms with Gasteiger partial charge >= 0.3 is 0 Å². The Bertz CT molecular complexity index is 563. The Morgan fingerprint density at radius 2 is 2.04 bits per heavy atom. The molecule has 1 aliphatic heterocycles. The van der Waals surface area contributed by atoms with Crippen LogP contribution in [0, 0.1) is 12.8 Å². The SMILES string of the molecule is Cc1ccc(N2CCCN(C(=O)CO[C@H]3CCC[C@H](C)C3)CC2)nn1. The van der Waals surface area contributed by atoms with Crippen LogP contribution >= 0.6 is 0 Å². The van der Waals surface area contributed by atoms with Gasteiger partial charge in [0.2, 0.25) is 5.91 Å². The highest BCUT2D eigenvalue weighted by atomic mass is 16.5. The third kappa shape index (κ3) is 5.14. The van der Waals surface area contributed by atoms with Crippen molar-refractivity contribution in [3.05, 3.63) is 17.8 Å². The molecule has 2 aliphatic rings. The van der Waals surface area contributed by atoms with Gasteiger partial charge in [0.15, 0.2) is 5.82 Å². The molecule has 3 rings (SSSR count). The molecule has 0 aromatic carbocycles. The van der Waals surface area contributed by atoms with E-state index >= 15 is 0 Å². The normalized spacial score (nSPS) is 24.9. The quantitative estimate of drug-likeness (QED) is 0.838. The molecule has 1 saturated heterocycles. The molecule has 0 spiro atoms. The zero-order valence-electron chi connectivity index (χ0n) is 15.5. The van der Waals surface area contributed by atoms with Crippen LogP contribution in [-0.2, 0) is 9.53 Å². The first kappa shape index (κ1) is 18.1. The Morgan fingerprint density at radius 3 is 2.80 bits per heavy atom. The Hall–Kier alpha value is -1.69. The van der Waals surface area contributed by atoms with Gasteiger partial charge in [-0.25, -0.2) is 0 Å². The average Bonchev–Trinajstić information content (AvgIpc) is 2.87. The number of amides is 1. The molecule has 1 aliphatic carbocycles. The number of aryl methyl sites for hydroxylation is 1. The largest absolute Gasteiger partial charge is 0.368 e. The maximum Gasteiger partial charge on any atom is 0.248 e. The topological polar surface area (TPSA) is 58.6 Å². The van der Waals surface area contributed by atoms with E-state index in [0.717, 1.165) is 62.9 Å². The highest BCUT2D eigenvalue weighted by Gasteiger charge is 2.23.